The van der Waals surface area contributed by atoms with Crippen LogP contribution in [0.2, 0.25) is 0 Å². The van der Waals surface area contributed by atoms with Gasteiger partial charge in [0.2, 0.25) is 5.95 Å². The highest BCUT2D eigenvalue weighted by Crippen LogP contribution is 2.36. The molecule has 0 bridgehead atoms. The average Bonchev–Trinajstić information content (AvgIpc) is 3.36. The number of hydrogen-bond acceptors (Lipinski definition) is 7. The molecule has 2 aromatic heterocycles. The zero-order valence-corrected chi connectivity index (χ0v) is 24.6. The second-order valence-electron chi connectivity index (χ2n) is 12.1. The van der Waals surface area contributed by atoms with Crippen molar-refractivity contribution in [1.82, 2.24) is 24.6 Å². The average molecular weight is 591 g/mol. The van der Waals surface area contributed by atoms with Crippen molar-refractivity contribution in [2.45, 2.75) is 70.7 Å². The van der Waals surface area contributed by atoms with Gasteiger partial charge in [-0.15, -0.1) is 0 Å². The molecule has 2 aliphatic rings. The minimum absolute atomic E-state index is 0.0582. The smallest absolute Gasteiger partial charge is 0.410 e. The van der Waals surface area contributed by atoms with Gasteiger partial charge in [0.15, 0.2) is 6.23 Å². The summed E-state index contributed by atoms with van der Waals surface area (Å²) in [6.07, 6.45) is 5.56. The number of nitrogens with one attached hydrogen (secondary N) is 1. The highest BCUT2D eigenvalue weighted by atomic mass is 19.1. The first-order valence-corrected chi connectivity index (χ1v) is 14.8. The van der Waals surface area contributed by atoms with Crippen molar-refractivity contribution < 1.29 is 23.0 Å². The maximum absolute atomic E-state index is 14.7. The van der Waals surface area contributed by atoms with E-state index in [1.807, 2.05) is 31.5 Å². The Kier molecular flexibility index (Phi) is 8.00. The Morgan fingerprint density at radius 1 is 1.07 bits per heavy atom. The molecule has 1 amide bonds. The van der Waals surface area contributed by atoms with Gasteiger partial charge in [-0.1, -0.05) is 12.1 Å². The third-order valence-electron chi connectivity index (χ3n) is 7.69. The number of likely N-dealkylation sites (tertiary alicyclic amines) is 1. The summed E-state index contributed by atoms with van der Waals surface area (Å²) in [6, 6.07) is 10.9. The van der Waals surface area contributed by atoms with Crippen LogP contribution >= 0.6 is 0 Å². The van der Waals surface area contributed by atoms with Crippen molar-refractivity contribution in [3.05, 3.63) is 60.3 Å². The van der Waals surface area contributed by atoms with Crippen LogP contribution in [0.3, 0.4) is 0 Å². The Labute approximate surface area is 249 Å². The van der Waals surface area contributed by atoms with E-state index < -0.39 is 17.2 Å². The molecule has 0 aliphatic carbocycles. The van der Waals surface area contributed by atoms with E-state index in [1.165, 1.54) is 18.2 Å². The van der Waals surface area contributed by atoms with Gasteiger partial charge in [-0.05, 0) is 88.8 Å². The standard InChI is InChI=1S/C32H36F2N6O3/c1-32(2,3)43-31(41)39-16-7-8-21(19-39)36-30-35-15-14-25(37-30)29-22-18-20(28-23(33)9-6-10-24(28)34)12-13-26(22)40(38-29)27-11-4-5-17-42-27/h6,9-10,12-15,18,21,27H,4-5,7-8,11,16-17,19H2,1-3H3,(H,35,36,37). The summed E-state index contributed by atoms with van der Waals surface area (Å²) in [5.41, 5.74) is 1.66. The number of aromatic nitrogens is 4. The van der Waals surface area contributed by atoms with Crippen LogP contribution in [0.5, 0.6) is 0 Å². The topological polar surface area (TPSA) is 94.4 Å². The van der Waals surface area contributed by atoms with Gasteiger partial charge in [0.05, 0.1) is 16.8 Å². The number of piperidine rings is 1. The van der Waals surface area contributed by atoms with Gasteiger partial charge >= 0.3 is 6.09 Å². The van der Waals surface area contributed by atoms with Gasteiger partial charge in [0.25, 0.3) is 0 Å². The lowest BCUT2D eigenvalue weighted by Crippen LogP contribution is -2.47. The summed E-state index contributed by atoms with van der Waals surface area (Å²) >= 11 is 0. The zero-order valence-electron chi connectivity index (χ0n) is 24.6. The third kappa shape index (κ3) is 6.31. The Hall–Kier alpha value is -4.12. The predicted octanol–water partition coefficient (Wildman–Crippen LogP) is 6.95. The molecule has 0 saturated carbocycles. The van der Waals surface area contributed by atoms with E-state index in [-0.39, 0.29) is 23.9 Å². The number of hydrogen-bond donors (Lipinski definition) is 1. The molecule has 4 heterocycles. The van der Waals surface area contributed by atoms with E-state index in [4.69, 9.17) is 19.6 Å². The quantitative estimate of drug-likeness (QED) is 0.269. The van der Waals surface area contributed by atoms with Crippen molar-refractivity contribution in [3.63, 3.8) is 0 Å². The number of benzene rings is 2. The first kappa shape index (κ1) is 29.0. The summed E-state index contributed by atoms with van der Waals surface area (Å²) in [4.78, 5) is 23.6. The molecule has 1 N–H and O–H groups in total. The van der Waals surface area contributed by atoms with Crippen molar-refractivity contribution >= 4 is 22.9 Å². The van der Waals surface area contributed by atoms with Crippen molar-refractivity contribution in [2.75, 3.05) is 25.0 Å². The molecule has 2 aromatic carbocycles. The molecular weight excluding hydrogens is 554 g/mol. The normalized spacial score (nSPS) is 19.4. The second-order valence-corrected chi connectivity index (χ2v) is 12.1. The van der Waals surface area contributed by atoms with E-state index in [9.17, 15) is 13.6 Å². The van der Waals surface area contributed by atoms with Crippen LogP contribution < -0.4 is 5.32 Å². The van der Waals surface area contributed by atoms with Gasteiger partial charge < -0.3 is 19.7 Å². The van der Waals surface area contributed by atoms with Crippen LogP contribution in [-0.2, 0) is 9.47 Å². The van der Waals surface area contributed by atoms with E-state index in [2.05, 4.69) is 10.3 Å². The Bertz CT molecular complexity index is 1610. The lowest BCUT2D eigenvalue weighted by Gasteiger charge is -2.34. The number of nitrogens with zero attached hydrogens (tertiary/aromatic N) is 5. The molecule has 2 fully saturated rings. The lowest BCUT2D eigenvalue weighted by molar-refractivity contribution is -0.0365. The molecule has 2 aliphatic heterocycles. The van der Waals surface area contributed by atoms with Gasteiger partial charge in [-0.2, -0.15) is 5.10 Å². The van der Waals surface area contributed by atoms with Gasteiger partial charge in [0, 0.05) is 37.3 Å². The van der Waals surface area contributed by atoms with E-state index in [0.29, 0.717) is 48.0 Å². The molecule has 43 heavy (non-hydrogen) atoms. The molecule has 2 atom stereocenters. The highest BCUT2D eigenvalue weighted by molar-refractivity contribution is 5.95. The fourth-order valence-corrected chi connectivity index (χ4v) is 5.73. The summed E-state index contributed by atoms with van der Waals surface area (Å²) in [5, 5.41) is 9.02. The maximum atomic E-state index is 14.7. The second kappa shape index (κ2) is 11.9. The minimum Gasteiger partial charge on any atom is -0.444 e. The van der Waals surface area contributed by atoms with Crippen LogP contribution in [0.15, 0.2) is 48.7 Å². The number of anilines is 1. The van der Waals surface area contributed by atoms with E-state index >= 15 is 0 Å². The van der Waals surface area contributed by atoms with Crippen molar-refractivity contribution in [2.24, 2.45) is 0 Å². The SMILES string of the molecule is CC(C)(C)OC(=O)N1CCCC(Nc2nccc(-c3nn(C4CCCCO4)c4ccc(-c5c(F)cccc5F)cc34)n2)C1. The number of carbonyl (C=O) groups excluding carboxylic acids is 1. The van der Waals surface area contributed by atoms with E-state index in [1.54, 1.807) is 29.3 Å². The number of ether oxygens (including phenoxy) is 2. The number of rotatable bonds is 5. The lowest BCUT2D eigenvalue weighted by atomic mass is 10.0. The largest absolute Gasteiger partial charge is 0.444 e. The van der Waals surface area contributed by atoms with Gasteiger partial charge in [-0.3, -0.25) is 0 Å². The van der Waals surface area contributed by atoms with Crippen LogP contribution in [-0.4, -0.2) is 62.1 Å². The maximum Gasteiger partial charge on any atom is 0.410 e. The summed E-state index contributed by atoms with van der Waals surface area (Å²) in [6.45, 7) is 7.30. The minimum atomic E-state index is -0.634. The zero-order chi connectivity index (χ0) is 30.1. The fourth-order valence-electron chi connectivity index (χ4n) is 5.73. The molecule has 0 spiro atoms. The predicted molar refractivity (Wildman–Crippen MR) is 159 cm³/mol. The monoisotopic (exact) mass is 590 g/mol. The Morgan fingerprint density at radius 3 is 2.63 bits per heavy atom. The Morgan fingerprint density at radius 2 is 1.88 bits per heavy atom. The third-order valence-corrected chi connectivity index (χ3v) is 7.69. The molecular formula is C32H36F2N6O3. The summed E-state index contributed by atoms with van der Waals surface area (Å²) in [5.74, 6) is -0.864. The highest BCUT2D eigenvalue weighted by Gasteiger charge is 2.28. The number of halogens is 2. The van der Waals surface area contributed by atoms with Crippen molar-refractivity contribution in [1.29, 1.82) is 0 Å². The van der Waals surface area contributed by atoms with Gasteiger partial charge in [0.1, 0.15) is 22.9 Å². The first-order chi connectivity index (χ1) is 20.7. The van der Waals surface area contributed by atoms with Crippen LogP contribution in [0.25, 0.3) is 33.4 Å². The molecule has 0 radical (unpaired) electrons. The Balaban J connectivity index is 1.33. The number of amides is 1. The van der Waals surface area contributed by atoms with Gasteiger partial charge in [-0.25, -0.2) is 28.2 Å². The molecule has 2 unspecified atom stereocenters. The molecule has 2 saturated heterocycles. The summed E-state index contributed by atoms with van der Waals surface area (Å²) in [7, 11) is 0. The van der Waals surface area contributed by atoms with Crippen molar-refractivity contribution in [3.8, 4) is 22.5 Å². The number of fused-ring (bicyclic) bond motifs is 1. The van der Waals surface area contributed by atoms with E-state index in [0.717, 1.165) is 37.6 Å². The molecule has 11 heteroatoms. The molecule has 4 aromatic rings. The van der Waals surface area contributed by atoms with Crippen LogP contribution in [0, 0.1) is 11.6 Å². The molecule has 6 rings (SSSR count). The molecule has 226 valence electrons. The molecule has 9 nitrogen and oxygen atoms in total. The number of carbonyl (C=O) groups is 1. The van der Waals surface area contributed by atoms with Crippen LogP contribution in [0.1, 0.15) is 59.1 Å². The summed E-state index contributed by atoms with van der Waals surface area (Å²) < 4.78 is 43.0. The first-order valence-electron chi connectivity index (χ1n) is 14.8. The van der Waals surface area contributed by atoms with Crippen LogP contribution in [0.4, 0.5) is 19.5 Å². The fraction of sp³-hybridized carbons (Fsp3) is 0.438.